The fourth-order valence-electron chi connectivity index (χ4n) is 1.03. The van der Waals surface area contributed by atoms with E-state index < -0.39 is 0 Å². The summed E-state index contributed by atoms with van der Waals surface area (Å²) in [5, 5.41) is 8.07. The molecule has 1 aliphatic carbocycles. The molecule has 14 heavy (non-hydrogen) atoms. The van der Waals surface area contributed by atoms with Gasteiger partial charge < -0.3 is 9.84 Å². The molecule has 1 aromatic rings. The van der Waals surface area contributed by atoms with E-state index in [1.165, 1.54) is 24.7 Å². The lowest BCUT2D eigenvalue weighted by Gasteiger charge is -1.90. The van der Waals surface area contributed by atoms with E-state index in [1.807, 2.05) is 0 Å². The van der Waals surface area contributed by atoms with Gasteiger partial charge in [0.05, 0.1) is 20.1 Å². The number of carbonyl (C=O) groups is 1. The number of ether oxygens (including phenoxy) is 1. The molecule has 0 aliphatic heterocycles. The van der Waals surface area contributed by atoms with Crippen molar-refractivity contribution in [3.63, 3.8) is 0 Å². The first-order chi connectivity index (χ1) is 6.77. The largest absolute Gasteiger partial charge is 0.469 e. The molecule has 3 heteroatoms. The minimum Gasteiger partial charge on any atom is -0.469 e. The normalized spacial score (nSPS) is 10.7. The Kier molecular flexibility index (Phi) is 4.13. The Morgan fingerprint density at radius 2 is 2.00 bits per heavy atom. The van der Waals surface area contributed by atoms with E-state index in [0.717, 1.165) is 0 Å². The highest BCUT2D eigenvalue weighted by molar-refractivity contribution is 5.69. The first kappa shape index (κ1) is 10.7. The predicted octanol–water partition coefficient (Wildman–Crippen LogP) is 1.13. The lowest BCUT2D eigenvalue weighted by molar-refractivity contribution is -0.141. The summed E-state index contributed by atoms with van der Waals surface area (Å²) in [6.07, 6.45) is 1.34. The highest BCUT2D eigenvalue weighted by Crippen LogP contribution is 2.25. The van der Waals surface area contributed by atoms with E-state index in [2.05, 4.69) is 29.0 Å². The second-order valence-electron chi connectivity index (χ2n) is 3.00. The van der Waals surface area contributed by atoms with Crippen LogP contribution in [0.3, 0.4) is 0 Å². The van der Waals surface area contributed by atoms with Crippen LogP contribution >= 0.6 is 0 Å². The molecule has 0 saturated carbocycles. The summed E-state index contributed by atoms with van der Waals surface area (Å²) >= 11 is 0. The zero-order chi connectivity index (χ0) is 10.4. The molecule has 1 N–H and O–H groups in total. The number of methoxy groups -OCH3 is 1. The molecule has 0 bridgehead atoms. The summed E-state index contributed by atoms with van der Waals surface area (Å²) in [4.78, 5) is 10.0. The van der Waals surface area contributed by atoms with Crippen molar-refractivity contribution in [3.8, 4) is 0 Å². The smallest absolute Gasteiger partial charge is 0.307 e. The van der Waals surface area contributed by atoms with Gasteiger partial charge in [-0.2, -0.15) is 0 Å². The van der Waals surface area contributed by atoms with Crippen molar-refractivity contribution >= 4 is 5.97 Å². The summed E-state index contributed by atoms with van der Waals surface area (Å²) in [6, 6.07) is 8.53. The average molecular weight is 194 g/mol. The fourth-order valence-corrected chi connectivity index (χ4v) is 1.03. The van der Waals surface area contributed by atoms with Crippen LogP contribution in [0.5, 0.6) is 0 Å². The highest BCUT2D eigenvalue weighted by Gasteiger charge is 2.12. The summed E-state index contributed by atoms with van der Waals surface area (Å²) in [5.74, 6) is -0.373. The fraction of sp³-hybridized carbons (Fsp3) is 0.364. The average Bonchev–Trinajstić information content (AvgIpc) is 2.97. The third kappa shape index (κ3) is 3.58. The molecule has 0 spiro atoms. The van der Waals surface area contributed by atoms with Gasteiger partial charge >= 0.3 is 5.97 Å². The Morgan fingerprint density at radius 3 is 2.29 bits per heavy atom. The van der Waals surface area contributed by atoms with Crippen molar-refractivity contribution in [1.29, 1.82) is 0 Å². The Hall–Kier alpha value is -1.35. The molecule has 2 rings (SSSR count). The Morgan fingerprint density at radius 1 is 1.43 bits per heavy atom. The van der Waals surface area contributed by atoms with Gasteiger partial charge in [-0.25, -0.2) is 0 Å². The number of fused-ring (bicyclic) bond motifs is 1. The maximum atomic E-state index is 10.0. The molecule has 0 fully saturated rings. The van der Waals surface area contributed by atoms with Crippen molar-refractivity contribution in [2.75, 3.05) is 13.7 Å². The topological polar surface area (TPSA) is 46.5 Å². The number of benzene rings is 1. The number of rotatable bonds is 2. The lowest BCUT2D eigenvalue weighted by Crippen LogP contribution is -2.01. The molecule has 0 heterocycles. The molecule has 76 valence electrons. The highest BCUT2D eigenvalue weighted by atomic mass is 16.5. The molecule has 1 aromatic carbocycles. The van der Waals surface area contributed by atoms with Gasteiger partial charge in [0.25, 0.3) is 0 Å². The van der Waals surface area contributed by atoms with E-state index in [9.17, 15) is 4.79 Å². The van der Waals surface area contributed by atoms with Crippen molar-refractivity contribution in [2.45, 2.75) is 12.8 Å². The van der Waals surface area contributed by atoms with Crippen LogP contribution in [0.1, 0.15) is 17.5 Å². The van der Waals surface area contributed by atoms with E-state index in [-0.39, 0.29) is 19.0 Å². The quantitative estimate of drug-likeness (QED) is 0.729. The second-order valence-corrected chi connectivity index (χ2v) is 3.00. The van der Waals surface area contributed by atoms with Gasteiger partial charge in [0.1, 0.15) is 0 Å². The minimum absolute atomic E-state index is 0.0938. The van der Waals surface area contributed by atoms with Crippen molar-refractivity contribution in [2.24, 2.45) is 0 Å². The van der Waals surface area contributed by atoms with E-state index >= 15 is 0 Å². The zero-order valence-corrected chi connectivity index (χ0v) is 8.19. The van der Waals surface area contributed by atoms with Crippen molar-refractivity contribution < 1.29 is 14.6 Å². The van der Waals surface area contributed by atoms with Gasteiger partial charge in [-0.1, -0.05) is 24.3 Å². The van der Waals surface area contributed by atoms with Gasteiger partial charge in [0, 0.05) is 0 Å². The van der Waals surface area contributed by atoms with Crippen LogP contribution < -0.4 is 0 Å². The molecule has 3 nitrogen and oxygen atoms in total. The number of hydrogen-bond donors (Lipinski definition) is 1. The molecule has 0 aromatic heterocycles. The summed E-state index contributed by atoms with van der Waals surface area (Å²) in [6.45, 7) is -0.132. The lowest BCUT2D eigenvalue weighted by atomic mass is 10.4. The standard InChI is InChI=1S/C7H6.C4H8O3/c1-2-4-7-5-6(7)3-1;1-7-4(6)2-3-5/h1-4H,5H2;5H,2-3H2,1H3. The zero-order valence-electron chi connectivity index (χ0n) is 8.19. The first-order valence-electron chi connectivity index (χ1n) is 4.52. The number of aliphatic hydroxyl groups is 1. The second kappa shape index (κ2) is 5.40. The maximum Gasteiger partial charge on any atom is 0.307 e. The molecule has 0 radical (unpaired) electrons. The van der Waals surface area contributed by atoms with Crippen LogP contribution in [0.15, 0.2) is 24.3 Å². The van der Waals surface area contributed by atoms with Gasteiger partial charge in [-0.3, -0.25) is 4.79 Å². The van der Waals surface area contributed by atoms with Crippen molar-refractivity contribution in [1.82, 2.24) is 0 Å². The Balaban J connectivity index is 0.000000140. The molecule has 0 amide bonds. The van der Waals surface area contributed by atoms with Gasteiger partial charge in [-0.15, -0.1) is 0 Å². The Bertz CT molecular complexity index is 286. The maximum absolute atomic E-state index is 10.0. The molecule has 0 unspecified atom stereocenters. The number of hydrogen-bond acceptors (Lipinski definition) is 3. The molecule has 0 saturated heterocycles. The SMILES string of the molecule is COC(=O)CCO.c1ccc2c(c1)C2. The van der Waals surface area contributed by atoms with Crippen LogP contribution in [0.25, 0.3) is 0 Å². The molecular formula is C11H14O3. The van der Waals surface area contributed by atoms with Gasteiger partial charge in [0.2, 0.25) is 0 Å². The summed E-state index contributed by atoms with van der Waals surface area (Å²) < 4.78 is 4.19. The van der Waals surface area contributed by atoms with Crippen LogP contribution in [-0.2, 0) is 16.0 Å². The monoisotopic (exact) mass is 194 g/mol. The van der Waals surface area contributed by atoms with E-state index in [0.29, 0.717) is 0 Å². The first-order valence-corrected chi connectivity index (χ1v) is 4.52. The molecule has 1 aliphatic rings. The number of esters is 1. The summed E-state index contributed by atoms with van der Waals surface area (Å²) in [5.41, 5.74) is 3.06. The Labute approximate surface area is 83.3 Å². The summed E-state index contributed by atoms with van der Waals surface area (Å²) in [7, 11) is 1.29. The molecular weight excluding hydrogens is 180 g/mol. The number of carbonyl (C=O) groups excluding carboxylic acids is 1. The minimum atomic E-state index is -0.373. The third-order valence-electron chi connectivity index (χ3n) is 1.92. The van der Waals surface area contributed by atoms with E-state index in [1.54, 1.807) is 0 Å². The van der Waals surface area contributed by atoms with Crippen LogP contribution in [0.2, 0.25) is 0 Å². The van der Waals surface area contributed by atoms with Crippen molar-refractivity contribution in [3.05, 3.63) is 35.4 Å². The van der Waals surface area contributed by atoms with Crippen LogP contribution in [0.4, 0.5) is 0 Å². The molecule has 0 atom stereocenters. The van der Waals surface area contributed by atoms with Crippen LogP contribution in [-0.4, -0.2) is 24.8 Å². The van der Waals surface area contributed by atoms with E-state index in [4.69, 9.17) is 5.11 Å². The van der Waals surface area contributed by atoms with Crippen LogP contribution in [0, 0.1) is 0 Å². The number of aliphatic hydroxyl groups excluding tert-OH is 1. The van der Waals surface area contributed by atoms with Gasteiger partial charge in [0.15, 0.2) is 0 Å². The third-order valence-corrected chi connectivity index (χ3v) is 1.92. The predicted molar refractivity (Wildman–Crippen MR) is 53.0 cm³/mol. The van der Waals surface area contributed by atoms with Gasteiger partial charge in [-0.05, 0) is 17.5 Å².